The van der Waals surface area contributed by atoms with Crippen molar-refractivity contribution in [3.8, 4) is 0 Å². The molecule has 2 aromatic rings. The smallest absolute Gasteiger partial charge is 0.244 e. The first-order chi connectivity index (χ1) is 10.5. The van der Waals surface area contributed by atoms with Crippen LogP contribution in [0.2, 0.25) is 0 Å². The summed E-state index contributed by atoms with van der Waals surface area (Å²) in [6, 6.07) is 2.08. The van der Waals surface area contributed by atoms with Gasteiger partial charge in [-0.2, -0.15) is 5.10 Å². The number of amides is 1. The van der Waals surface area contributed by atoms with Gasteiger partial charge in [-0.25, -0.2) is 4.98 Å². The number of carbonyl (C=O) groups excluding carboxylic acids is 1. The van der Waals surface area contributed by atoms with Crippen LogP contribution in [0.3, 0.4) is 0 Å². The van der Waals surface area contributed by atoms with E-state index in [1.165, 1.54) is 0 Å². The molecule has 3 rings (SSSR count). The third-order valence-electron chi connectivity index (χ3n) is 4.29. The topological polar surface area (TPSA) is 56.0 Å². The lowest BCUT2D eigenvalue weighted by atomic mass is 10.2. The van der Waals surface area contributed by atoms with Gasteiger partial charge in [0.15, 0.2) is 0 Å². The second-order valence-electron chi connectivity index (χ2n) is 6.18. The number of hydrogen-bond acceptors (Lipinski definition) is 3. The highest BCUT2D eigenvalue weighted by atomic mass is 16.2. The van der Waals surface area contributed by atoms with Crippen molar-refractivity contribution in [3.05, 3.63) is 35.2 Å². The Balaban J connectivity index is 1.79. The van der Waals surface area contributed by atoms with E-state index in [2.05, 4.69) is 10.1 Å². The predicted molar refractivity (Wildman–Crippen MR) is 83.3 cm³/mol. The lowest BCUT2D eigenvalue weighted by Gasteiger charge is -2.24. The maximum Gasteiger partial charge on any atom is 0.244 e. The van der Waals surface area contributed by atoms with E-state index in [4.69, 9.17) is 0 Å². The Morgan fingerprint density at radius 2 is 2.09 bits per heavy atom. The summed E-state index contributed by atoms with van der Waals surface area (Å²) in [5.41, 5.74) is 2.97. The standard InChI is InChI=1S/C16H23N5O/c1-11-8-13(3)21(18-11)10-15(22)20-7-5-6-14(20)16-17-12(2)9-19(16)4/h8-9,14H,5-7,10H2,1-4H3/t14-/m1/s1. The van der Waals surface area contributed by atoms with Crippen LogP contribution >= 0.6 is 0 Å². The minimum atomic E-state index is 0.0863. The monoisotopic (exact) mass is 301 g/mol. The van der Waals surface area contributed by atoms with Gasteiger partial charge in [-0.05, 0) is 39.7 Å². The molecule has 0 N–H and O–H groups in total. The highest BCUT2D eigenvalue weighted by Crippen LogP contribution is 2.31. The number of nitrogens with zero attached hydrogens (tertiary/aromatic N) is 5. The van der Waals surface area contributed by atoms with Crippen molar-refractivity contribution in [2.75, 3.05) is 6.54 Å². The normalized spacial score (nSPS) is 18.2. The number of hydrogen-bond donors (Lipinski definition) is 0. The molecule has 3 heterocycles. The van der Waals surface area contributed by atoms with Crippen LogP contribution in [-0.4, -0.2) is 36.7 Å². The molecule has 0 aliphatic carbocycles. The maximum absolute atomic E-state index is 12.7. The van der Waals surface area contributed by atoms with Crippen molar-refractivity contribution in [2.24, 2.45) is 7.05 Å². The molecule has 0 radical (unpaired) electrons. The van der Waals surface area contributed by atoms with Crippen molar-refractivity contribution in [1.82, 2.24) is 24.2 Å². The molecule has 1 amide bonds. The Hall–Kier alpha value is -2.11. The number of likely N-dealkylation sites (tertiary alicyclic amines) is 1. The fourth-order valence-electron chi connectivity index (χ4n) is 3.33. The van der Waals surface area contributed by atoms with Gasteiger partial charge in [0.25, 0.3) is 0 Å². The van der Waals surface area contributed by atoms with Crippen LogP contribution in [0.1, 0.15) is 41.8 Å². The van der Waals surface area contributed by atoms with Crippen LogP contribution in [0.5, 0.6) is 0 Å². The zero-order valence-electron chi connectivity index (χ0n) is 13.7. The number of carbonyl (C=O) groups is 1. The van der Waals surface area contributed by atoms with E-state index in [0.717, 1.165) is 42.3 Å². The molecule has 0 bridgehead atoms. The third-order valence-corrected chi connectivity index (χ3v) is 4.29. The largest absolute Gasteiger partial charge is 0.336 e. The van der Waals surface area contributed by atoms with Gasteiger partial charge in [0.1, 0.15) is 12.4 Å². The molecule has 0 aromatic carbocycles. The SMILES string of the molecule is Cc1cn(C)c([C@H]2CCCN2C(=O)Cn2nc(C)cc2C)n1. The van der Waals surface area contributed by atoms with Crippen LogP contribution < -0.4 is 0 Å². The van der Waals surface area contributed by atoms with Crippen LogP contribution in [-0.2, 0) is 18.4 Å². The molecule has 6 nitrogen and oxygen atoms in total. The molecule has 118 valence electrons. The summed E-state index contributed by atoms with van der Waals surface area (Å²) in [4.78, 5) is 19.3. The molecule has 2 aromatic heterocycles. The van der Waals surface area contributed by atoms with E-state index in [9.17, 15) is 4.79 Å². The number of aromatic nitrogens is 4. The average Bonchev–Trinajstić information content (AvgIpc) is 3.10. The molecule has 1 atom stereocenters. The first kappa shape index (κ1) is 14.8. The molecule has 22 heavy (non-hydrogen) atoms. The Morgan fingerprint density at radius 3 is 2.68 bits per heavy atom. The van der Waals surface area contributed by atoms with Gasteiger partial charge in [0, 0.05) is 25.5 Å². The lowest BCUT2D eigenvalue weighted by Crippen LogP contribution is -2.34. The summed E-state index contributed by atoms with van der Waals surface area (Å²) in [6.45, 7) is 7.02. The Labute approximate surface area is 130 Å². The molecule has 1 aliphatic rings. The van der Waals surface area contributed by atoms with Gasteiger partial charge in [0.05, 0.1) is 17.4 Å². The molecular formula is C16H23N5O. The zero-order chi connectivity index (χ0) is 15.9. The second-order valence-corrected chi connectivity index (χ2v) is 6.18. The maximum atomic E-state index is 12.7. The molecule has 0 unspecified atom stereocenters. The molecule has 1 fully saturated rings. The van der Waals surface area contributed by atoms with E-state index >= 15 is 0 Å². The van der Waals surface area contributed by atoms with E-state index in [1.54, 1.807) is 4.68 Å². The third kappa shape index (κ3) is 2.65. The van der Waals surface area contributed by atoms with Crippen molar-refractivity contribution in [2.45, 2.75) is 46.2 Å². The van der Waals surface area contributed by atoms with Gasteiger partial charge >= 0.3 is 0 Å². The highest BCUT2D eigenvalue weighted by molar-refractivity contribution is 5.76. The summed E-state index contributed by atoms with van der Waals surface area (Å²) in [7, 11) is 2.00. The summed E-state index contributed by atoms with van der Waals surface area (Å²) < 4.78 is 3.83. The zero-order valence-corrected chi connectivity index (χ0v) is 13.7. The van der Waals surface area contributed by atoms with E-state index < -0.39 is 0 Å². The Bertz CT molecular complexity index is 699. The van der Waals surface area contributed by atoms with E-state index in [-0.39, 0.29) is 11.9 Å². The first-order valence-electron chi connectivity index (χ1n) is 7.76. The van der Waals surface area contributed by atoms with Crippen molar-refractivity contribution < 1.29 is 4.79 Å². The van der Waals surface area contributed by atoms with Crippen LogP contribution in [0.25, 0.3) is 0 Å². The molecule has 0 spiro atoms. The average molecular weight is 301 g/mol. The number of imidazole rings is 1. The van der Waals surface area contributed by atoms with Gasteiger partial charge in [-0.1, -0.05) is 0 Å². The molecule has 1 saturated heterocycles. The lowest BCUT2D eigenvalue weighted by molar-refractivity contribution is -0.133. The predicted octanol–water partition coefficient (Wildman–Crippen LogP) is 1.91. The second kappa shape index (κ2) is 5.59. The first-order valence-corrected chi connectivity index (χ1v) is 7.76. The van der Waals surface area contributed by atoms with Gasteiger partial charge in [-0.15, -0.1) is 0 Å². The van der Waals surface area contributed by atoms with Crippen molar-refractivity contribution >= 4 is 5.91 Å². The van der Waals surface area contributed by atoms with Gasteiger partial charge in [-0.3, -0.25) is 9.48 Å². The van der Waals surface area contributed by atoms with Crippen LogP contribution in [0, 0.1) is 20.8 Å². The van der Waals surface area contributed by atoms with Crippen LogP contribution in [0.15, 0.2) is 12.3 Å². The summed E-state index contributed by atoms with van der Waals surface area (Å²) >= 11 is 0. The number of aryl methyl sites for hydroxylation is 4. The molecular weight excluding hydrogens is 278 g/mol. The highest BCUT2D eigenvalue weighted by Gasteiger charge is 2.32. The molecule has 1 aliphatic heterocycles. The molecule has 0 saturated carbocycles. The molecule has 6 heteroatoms. The summed E-state index contributed by atoms with van der Waals surface area (Å²) in [5.74, 6) is 1.10. The minimum absolute atomic E-state index is 0.0863. The summed E-state index contributed by atoms with van der Waals surface area (Å²) in [6.07, 6.45) is 4.02. The van der Waals surface area contributed by atoms with Gasteiger partial charge < -0.3 is 9.47 Å². The fraction of sp³-hybridized carbons (Fsp3) is 0.562. The number of rotatable bonds is 3. The Morgan fingerprint density at radius 1 is 1.32 bits per heavy atom. The van der Waals surface area contributed by atoms with Crippen molar-refractivity contribution in [3.63, 3.8) is 0 Å². The van der Waals surface area contributed by atoms with Gasteiger partial charge in [0.2, 0.25) is 5.91 Å². The van der Waals surface area contributed by atoms with Crippen molar-refractivity contribution in [1.29, 1.82) is 0 Å². The van der Waals surface area contributed by atoms with Crippen LogP contribution in [0.4, 0.5) is 0 Å². The Kier molecular flexibility index (Phi) is 3.76. The van der Waals surface area contributed by atoms with E-state index in [1.807, 2.05) is 49.5 Å². The quantitative estimate of drug-likeness (QED) is 0.870. The summed E-state index contributed by atoms with van der Waals surface area (Å²) in [5, 5.41) is 4.39. The van der Waals surface area contributed by atoms with E-state index in [0.29, 0.717) is 6.54 Å². The minimum Gasteiger partial charge on any atom is -0.336 e. The fourth-order valence-corrected chi connectivity index (χ4v) is 3.33.